The van der Waals surface area contributed by atoms with E-state index in [2.05, 4.69) is 4.98 Å². The number of amides is 2. The van der Waals surface area contributed by atoms with Crippen molar-refractivity contribution in [2.45, 2.75) is 59.7 Å². The first-order chi connectivity index (χ1) is 12.3. The first-order valence-electron chi connectivity index (χ1n) is 8.64. The molecular formula is C19H27N3O4S. The first kappa shape index (κ1) is 21.0. The minimum atomic E-state index is -0.713. The summed E-state index contributed by atoms with van der Waals surface area (Å²) in [6.45, 7) is 12.5. The molecule has 0 aliphatic heterocycles. The summed E-state index contributed by atoms with van der Waals surface area (Å²) in [4.78, 5) is 29.8. The van der Waals surface area contributed by atoms with Crippen LogP contribution >= 0.6 is 11.3 Å². The van der Waals surface area contributed by atoms with Crippen molar-refractivity contribution in [2.75, 3.05) is 12.1 Å². The third-order valence-corrected chi connectivity index (χ3v) is 4.18. The van der Waals surface area contributed by atoms with Crippen LogP contribution in [0, 0.1) is 6.92 Å². The van der Waals surface area contributed by atoms with Gasteiger partial charge in [0.15, 0.2) is 0 Å². The maximum absolute atomic E-state index is 12.9. The normalized spacial score (nSPS) is 12.0. The van der Waals surface area contributed by atoms with E-state index in [4.69, 9.17) is 9.47 Å². The van der Waals surface area contributed by atoms with E-state index in [1.165, 1.54) is 23.4 Å². The number of hydrazine groups is 1. The molecule has 0 unspecified atom stereocenters. The summed E-state index contributed by atoms with van der Waals surface area (Å²) in [6.07, 6.45) is -1.33. The molecule has 0 radical (unpaired) electrons. The Kier molecular flexibility index (Phi) is 5.70. The van der Waals surface area contributed by atoms with Crippen LogP contribution in [0.15, 0.2) is 18.2 Å². The Hall–Kier alpha value is -2.35. The zero-order valence-corrected chi connectivity index (χ0v) is 17.9. The van der Waals surface area contributed by atoms with Gasteiger partial charge in [0, 0.05) is 7.05 Å². The molecule has 8 heteroatoms. The van der Waals surface area contributed by atoms with E-state index < -0.39 is 23.4 Å². The molecule has 0 aliphatic rings. The molecule has 0 spiro atoms. The predicted molar refractivity (Wildman–Crippen MR) is 107 cm³/mol. The lowest BCUT2D eigenvalue weighted by atomic mass is 10.2. The first-order valence-corrected chi connectivity index (χ1v) is 9.45. The third-order valence-electron chi connectivity index (χ3n) is 3.25. The van der Waals surface area contributed by atoms with Gasteiger partial charge in [0.25, 0.3) is 0 Å². The second kappa shape index (κ2) is 7.34. The molecule has 0 fully saturated rings. The van der Waals surface area contributed by atoms with Crippen molar-refractivity contribution in [3.05, 3.63) is 23.2 Å². The van der Waals surface area contributed by atoms with Gasteiger partial charge >= 0.3 is 12.2 Å². The minimum absolute atomic E-state index is 0.494. The summed E-state index contributed by atoms with van der Waals surface area (Å²) in [6, 6.07) is 5.35. The van der Waals surface area contributed by atoms with Gasteiger partial charge in [-0.2, -0.15) is 5.01 Å². The number of carbonyl (C=O) groups excluding carboxylic acids is 2. The van der Waals surface area contributed by atoms with Crippen molar-refractivity contribution in [1.29, 1.82) is 0 Å². The minimum Gasteiger partial charge on any atom is -0.442 e. The van der Waals surface area contributed by atoms with Gasteiger partial charge in [0.2, 0.25) is 0 Å². The van der Waals surface area contributed by atoms with Gasteiger partial charge in [-0.1, -0.05) is 0 Å². The maximum atomic E-state index is 12.9. The number of hydrogen-bond donors (Lipinski definition) is 0. The lowest BCUT2D eigenvalue weighted by Crippen LogP contribution is -2.51. The molecule has 1 aromatic carbocycles. The van der Waals surface area contributed by atoms with Crippen LogP contribution in [0.2, 0.25) is 0 Å². The highest BCUT2D eigenvalue weighted by Gasteiger charge is 2.32. The number of nitrogens with zero attached hydrogens (tertiary/aromatic N) is 3. The smallest absolute Gasteiger partial charge is 0.434 e. The van der Waals surface area contributed by atoms with Gasteiger partial charge in [0.1, 0.15) is 11.2 Å². The van der Waals surface area contributed by atoms with Crippen LogP contribution < -0.4 is 5.01 Å². The fraction of sp³-hybridized carbons (Fsp3) is 0.526. The van der Waals surface area contributed by atoms with Crippen LogP contribution in [0.25, 0.3) is 10.2 Å². The number of thiazole rings is 1. The molecule has 1 aromatic heterocycles. The van der Waals surface area contributed by atoms with Gasteiger partial charge < -0.3 is 9.47 Å². The fourth-order valence-corrected chi connectivity index (χ4v) is 3.14. The Morgan fingerprint density at radius 3 is 2.11 bits per heavy atom. The largest absolute Gasteiger partial charge is 0.442 e. The maximum Gasteiger partial charge on any atom is 0.434 e. The second-order valence-electron chi connectivity index (χ2n) is 8.18. The predicted octanol–water partition coefficient (Wildman–Crippen LogP) is 5.13. The van der Waals surface area contributed by atoms with E-state index in [-0.39, 0.29) is 0 Å². The van der Waals surface area contributed by atoms with Crippen LogP contribution in [-0.4, -0.2) is 40.4 Å². The number of carbonyl (C=O) groups is 2. The van der Waals surface area contributed by atoms with Crippen LogP contribution in [0.1, 0.15) is 46.6 Å². The average molecular weight is 394 g/mol. The van der Waals surface area contributed by atoms with Gasteiger partial charge in [-0.3, -0.25) is 0 Å². The number of aryl methyl sites for hydroxylation is 1. The number of ether oxygens (including phenoxy) is 2. The summed E-state index contributed by atoms with van der Waals surface area (Å²) in [5.41, 5.74) is -0.0713. The van der Waals surface area contributed by atoms with E-state index in [9.17, 15) is 9.59 Å². The molecule has 2 aromatic rings. The standard InChI is InChI=1S/C19H27N3O4S/c1-12-20-14-10-9-13(11-15(14)27-12)22(17(24)26-19(5,6)7)21(8)16(23)25-18(2,3)4/h9-11H,1-8H3. The van der Waals surface area contributed by atoms with E-state index in [0.29, 0.717) is 5.69 Å². The van der Waals surface area contributed by atoms with Gasteiger partial charge in [-0.15, -0.1) is 11.3 Å². The van der Waals surface area contributed by atoms with E-state index >= 15 is 0 Å². The molecule has 148 valence electrons. The molecular weight excluding hydrogens is 366 g/mol. The molecule has 0 atom stereocenters. The zero-order chi connectivity index (χ0) is 20.6. The summed E-state index contributed by atoms with van der Waals surface area (Å²) in [5, 5.41) is 3.22. The van der Waals surface area contributed by atoms with Gasteiger partial charge in [-0.05, 0) is 66.7 Å². The number of fused-ring (bicyclic) bond motifs is 1. The zero-order valence-electron chi connectivity index (χ0n) is 17.1. The van der Waals surface area contributed by atoms with Crippen molar-refractivity contribution in [3.8, 4) is 0 Å². The Labute approximate surface area is 163 Å². The van der Waals surface area contributed by atoms with Crippen LogP contribution in [0.4, 0.5) is 15.3 Å². The van der Waals surface area contributed by atoms with Gasteiger partial charge in [-0.25, -0.2) is 19.6 Å². The molecule has 0 saturated heterocycles. The summed E-state index contributed by atoms with van der Waals surface area (Å²) < 4.78 is 11.8. The summed E-state index contributed by atoms with van der Waals surface area (Å²) in [5.74, 6) is 0. The van der Waals surface area contributed by atoms with Crippen molar-refractivity contribution in [2.24, 2.45) is 0 Å². The Morgan fingerprint density at radius 2 is 1.56 bits per heavy atom. The van der Waals surface area contributed by atoms with Crippen molar-refractivity contribution in [3.63, 3.8) is 0 Å². The highest BCUT2D eigenvalue weighted by Crippen LogP contribution is 2.29. The van der Waals surface area contributed by atoms with Crippen LogP contribution in [-0.2, 0) is 9.47 Å². The van der Waals surface area contributed by atoms with Crippen molar-refractivity contribution in [1.82, 2.24) is 9.99 Å². The Bertz CT molecular complexity index is 849. The number of anilines is 1. The second-order valence-corrected chi connectivity index (χ2v) is 9.42. The average Bonchev–Trinajstić information content (AvgIpc) is 2.83. The Morgan fingerprint density at radius 1 is 1.00 bits per heavy atom. The molecule has 1 heterocycles. The van der Waals surface area contributed by atoms with E-state index in [1.54, 1.807) is 47.6 Å². The molecule has 2 rings (SSSR count). The SMILES string of the molecule is Cc1nc2ccc(N(C(=O)OC(C)(C)C)N(C)C(=O)OC(C)(C)C)cc2s1. The molecule has 0 N–H and O–H groups in total. The topological polar surface area (TPSA) is 72.0 Å². The van der Waals surface area contributed by atoms with E-state index in [0.717, 1.165) is 20.2 Å². The van der Waals surface area contributed by atoms with Crippen molar-refractivity contribution < 1.29 is 19.1 Å². The Balaban J connectivity index is 2.44. The van der Waals surface area contributed by atoms with Crippen LogP contribution in [0.3, 0.4) is 0 Å². The number of benzene rings is 1. The molecule has 0 saturated carbocycles. The van der Waals surface area contributed by atoms with Gasteiger partial charge in [0.05, 0.1) is 20.9 Å². The quantitative estimate of drug-likeness (QED) is 0.628. The summed E-state index contributed by atoms with van der Waals surface area (Å²) >= 11 is 1.51. The molecule has 27 heavy (non-hydrogen) atoms. The molecule has 7 nitrogen and oxygen atoms in total. The number of aromatic nitrogens is 1. The molecule has 0 bridgehead atoms. The van der Waals surface area contributed by atoms with Crippen LogP contribution in [0.5, 0.6) is 0 Å². The summed E-state index contributed by atoms with van der Waals surface area (Å²) in [7, 11) is 1.47. The third kappa shape index (κ3) is 5.56. The lowest BCUT2D eigenvalue weighted by molar-refractivity contribution is 0.0183. The number of hydrogen-bond acceptors (Lipinski definition) is 6. The fourth-order valence-electron chi connectivity index (χ4n) is 2.28. The number of rotatable bonds is 1. The highest BCUT2D eigenvalue weighted by atomic mass is 32.1. The monoisotopic (exact) mass is 393 g/mol. The lowest BCUT2D eigenvalue weighted by Gasteiger charge is -2.34. The van der Waals surface area contributed by atoms with E-state index in [1.807, 2.05) is 19.1 Å². The van der Waals surface area contributed by atoms with Crippen molar-refractivity contribution >= 4 is 39.4 Å². The molecule has 0 aliphatic carbocycles. The highest BCUT2D eigenvalue weighted by molar-refractivity contribution is 7.18. The molecule has 2 amide bonds.